The molecular formula is C15H19N5O2. The third-order valence-electron chi connectivity index (χ3n) is 4.50. The first-order chi connectivity index (χ1) is 10.6. The molecule has 1 amide bonds. The van der Waals surface area contributed by atoms with Crippen LogP contribution in [-0.2, 0) is 26.7 Å². The molecule has 0 bridgehead atoms. The van der Waals surface area contributed by atoms with E-state index >= 15 is 0 Å². The van der Waals surface area contributed by atoms with Crippen LogP contribution < -0.4 is 5.69 Å². The highest BCUT2D eigenvalue weighted by atomic mass is 16.2. The maximum atomic E-state index is 12.6. The minimum absolute atomic E-state index is 0.0112. The van der Waals surface area contributed by atoms with E-state index in [1.54, 1.807) is 14.1 Å². The minimum Gasteiger partial charge on any atom is -0.347 e. The minimum atomic E-state index is -0.0344. The maximum Gasteiger partial charge on any atom is 0.346 e. The van der Waals surface area contributed by atoms with Crippen molar-refractivity contribution in [2.75, 3.05) is 6.54 Å². The number of rotatable bonds is 3. The molecule has 7 nitrogen and oxygen atoms in total. The van der Waals surface area contributed by atoms with E-state index in [1.165, 1.54) is 12.8 Å². The molecule has 1 aliphatic carbocycles. The van der Waals surface area contributed by atoms with Crippen LogP contribution in [0.15, 0.2) is 23.1 Å². The lowest BCUT2D eigenvalue weighted by atomic mass is 10.3. The number of hydrogen-bond donors (Lipinski definition) is 0. The molecule has 2 aromatic heterocycles. The Balaban J connectivity index is 1.57. The van der Waals surface area contributed by atoms with Gasteiger partial charge >= 0.3 is 5.69 Å². The number of aryl methyl sites for hydroxylation is 1. The van der Waals surface area contributed by atoms with Crippen molar-refractivity contribution in [2.45, 2.75) is 32.5 Å². The molecular weight excluding hydrogens is 282 g/mol. The van der Waals surface area contributed by atoms with E-state index in [9.17, 15) is 9.59 Å². The highest BCUT2D eigenvalue weighted by Crippen LogP contribution is 2.29. The topological polar surface area (TPSA) is 65.1 Å². The molecule has 0 radical (unpaired) electrons. The quantitative estimate of drug-likeness (QED) is 0.827. The van der Waals surface area contributed by atoms with E-state index < -0.39 is 0 Å². The Bertz CT molecular complexity index is 780. The van der Waals surface area contributed by atoms with E-state index in [1.807, 2.05) is 29.9 Å². The molecule has 2 aromatic rings. The molecule has 0 spiro atoms. The van der Waals surface area contributed by atoms with E-state index in [4.69, 9.17) is 0 Å². The van der Waals surface area contributed by atoms with Crippen LogP contribution >= 0.6 is 0 Å². The van der Waals surface area contributed by atoms with Crippen LogP contribution in [0.5, 0.6) is 0 Å². The monoisotopic (exact) mass is 301 g/mol. The van der Waals surface area contributed by atoms with Crippen molar-refractivity contribution in [1.82, 2.24) is 23.8 Å². The SMILES string of the molecule is Cn1cccc1C(=O)N1CCn2c(nn(CC3CC3)c2=O)C1. The van der Waals surface area contributed by atoms with Crippen LogP contribution in [0, 0.1) is 5.92 Å². The summed E-state index contributed by atoms with van der Waals surface area (Å²) in [6, 6.07) is 3.67. The Morgan fingerprint density at radius 3 is 2.86 bits per heavy atom. The summed E-state index contributed by atoms with van der Waals surface area (Å²) in [6.07, 6.45) is 4.23. The lowest BCUT2D eigenvalue weighted by Crippen LogP contribution is -2.41. The standard InChI is InChI=1S/C15H19N5O2/c1-17-6-2-3-12(17)14(21)18-7-8-19-13(10-18)16-20(15(19)22)9-11-4-5-11/h2-3,6,11H,4-5,7-10H2,1H3. The van der Waals surface area contributed by atoms with Crippen LogP contribution in [0.3, 0.4) is 0 Å². The number of amides is 1. The molecule has 1 fully saturated rings. The van der Waals surface area contributed by atoms with Gasteiger partial charge < -0.3 is 9.47 Å². The summed E-state index contributed by atoms with van der Waals surface area (Å²) in [4.78, 5) is 26.6. The number of nitrogens with zero attached hydrogens (tertiary/aromatic N) is 5. The molecule has 0 aromatic carbocycles. The molecule has 0 unspecified atom stereocenters. The molecule has 22 heavy (non-hydrogen) atoms. The Hall–Kier alpha value is -2.31. The number of carbonyl (C=O) groups is 1. The van der Waals surface area contributed by atoms with Crippen molar-refractivity contribution < 1.29 is 4.79 Å². The van der Waals surface area contributed by atoms with Gasteiger partial charge in [0.05, 0.1) is 6.54 Å². The zero-order valence-corrected chi connectivity index (χ0v) is 12.6. The molecule has 116 valence electrons. The lowest BCUT2D eigenvalue weighted by Gasteiger charge is -2.26. The second kappa shape index (κ2) is 4.86. The molecule has 4 rings (SSSR count). The van der Waals surface area contributed by atoms with Crippen LogP contribution in [0.1, 0.15) is 29.2 Å². The average molecular weight is 301 g/mol. The number of hydrogen-bond acceptors (Lipinski definition) is 3. The molecule has 2 aliphatic rings. The van der Waals surface area contributed by atoms with Gasteiger partial charge in [-0.05, 0) is 30.9 Å². The van der Waals surface area contributed by atoms with Crippen molar-refractivity contribution in [3.8, 4) is 0 Å². The smallest absolute Gasteiger partial charge is 0.346 e. The predicted molar refractivity (Wildman–Crippen MR) is 79.4 cm³/mol. The van der Waals surface area contributed by atoms with Crippen molar-refractivity contribution >= 4 is 5.91 Å². The summed E-state index contributed by atoms with van der Waals surface area (Å²) in [5, 5.41) is 4.43. The Kier molecular flexibility index (Phi) is 2.95. The van der Waals surface area contributed by atoms with Crippen molar-refractivity contribution in [2.24, 2.45) is 13.0 Å². The molecule has 3 heterocycles. The first kappa shape index (κ1) is 13.4. The molecule has 7 heteroatoms. The second-order valence-corrected chi connectivity index (χ2v) is 6.21. The zero-order valence-electron chi connectivity index (χ0n) is 12.6. The Labute approximate surface area is 127 Å². The van der Waals surface area contributed by atoms with Crippen LogP contribution in [0.2, 0.25) is 0 Å². The normalized spacial score (nSPS) is 17.6. The van der Waals surface area contributed by atoms with E-state index in [-0.39, 0.29) is 11.6 Å². The highest BCUT2D eigenvalue weighted by molar-refractivity contribution is 5.92. The average Bonchev–Trinajstić information content (AvgIpc) is 3.15. The number of fused-ring (bicyclic) bond motifs is 1. The van der Waals surface area contributed by atoms with Gasteiger partial charge in [0.1, 0.15) is 5.69 Å². The van der Waals surface area contributed by atoms with Gasteiger partial charge in [0.15, 0.2) is 5.82 Å². The van der Waals surface area contributed by atoms with Gasteiger partial charge in [-0.3, -0.25) is 9.36 Å². The second-order valence-electron chi connectivity index (χ2n) is 6.21. The summed E-state index contributed by atoms with van der Waals surface area (Å²) >= 11 is 0. The van der Waals surface area contributed by atoms with Crippen LogP contribution in [0.25, 0.3) is 0 Å². The van der Waals surface area contributed by atoms with Crippen LogP contribution in [0.4, 0.5) is 0 Å². The largest absolute Gasteiger partial charge is 0.347 e. The Morgan fingerprint density at radius 2 is 2.18 bits per heavy atom. The molecule has 1 saturated carbocycles. The fraction of sp³-hybridized carbons (Fsp3) is 0.533. The van der Waals surface area contributed by atoms with E-state index in [2.05, 4.69) is 5.10 Å². The van der Waals surface area contributed by atoms with Crippen molar-refractivity contribution in [3.63, 3.8) is 0 Å². The highest BCUT2D eigenvalue weighted by Gasteiger charge is 2.29. The molecule has 0 saturated heterocycles. The first-order valence-corrected chi connectivity index (χ1v) is 7.70. The first-order valence-electron chi connectivity index (χ1n) is 7.70. The van der Waals surface area contributed by atoms with Gasteiger partial charge in [-0.15, -0.1) is 0 Å². The predicted octanol–water partition coefficient (Wildman–Crippen LogP) is 0.449. The van der Waals surface area contributed by atoms with E-state index in [0.29, 0.717) is 43.6 Å². The number of aromatic nitrogens is 4. The third-order valence-corrected chi connectivity index (χ3v) is 4.50. The summed E-state index contributed by atoms with van der Waals surface area (Å²) < 4.78 is 5.09. The van der Waals surface area contributed by atoms with Gasteiger partial charge in [0.25, 0.3) is 5.91 Å². The molecule has 0 N–H and O–H groups in total. The van der Waals surface area contributed by atoms with Gasteiger partial charge in [0.2, 0.25) is 0 Å². The molecule has 1 aliphatic heterocycles. The summed E-state index contributed by atoms with van der Waals surface area (Å²) in [6.45, 7) is 2.18. The fourth-order valence-corrected chi connectivity index (χ4v) is 2.98. The van der Waals surface area contributed by atoms with E-state index in [0.717, 1.165) is 0 Å². The molecule has 0 atom stereocenters. The third kappa shape index (κ3) is 2.17. The maximum absolute atomic E-state index is 12.6. The van der Waals surface area contributed by atoms with Crippen LogP contribution in [-0.4, -0.2) is 36.3 Å². The summed E-state index contributed by atoms with van der Waals surface area (Å²) in [5.74, 6) is 1.29. The van der Waals surface area contributed by atoms with Crippen molar-refractivity contribution in [1.29, 1.82) is 0 Å². The summed E-state index contributed by atoms with van der Waals surface area (Å²) in [7, 11) is 1.86. The van der Waals surface area contributed by atoms with Crippen molar-refractivity contribution in [3.05, 3.63) is 40.3 Å². The van der Waals surface area contributed by atoms with Gasteiger partial charge in [0, 0.05) is 32.9 Å². The van der Waals surface area contributed by atoms with Gasteiger partial charge in [-0.2, -0.15) is 5.10 Å². The lowest BCUT2D eigenvalue weighted by molar-refractivity contribution is 0.0696. The van der Waals surface area contributed by atoms with Gasteiger partial charge in [-0.1, -0.05) is 0 Å². The van der Waals surface area contributed by atoms with Gasteiger partial charge in [-0.25, -0.2) is 9.48 Å². The summed E-state index contributed by atoms with van der Waals surface area (Å²) in [5.41, 5.74) is 0.626. The number of carbonyl (C=O) groups excluding carboxylic acids is 1. The fourth-order valence-electron chi connectivity index (χ4n) is 2.98. The zero-order chi connectivity index (χ0) is 15.3. The Morgan fingerprint density at radius 1 is 1.36 bits per heavy atom.